The monoisotopic (exact) mass is 488 g/mol. The van der Waals surface area contributed by atoms with Gasteiger partial charge in [-0.05, 0) is 55.3 Å². The van der Waals surface area contributed by atoms with Crippen LogP contribution in [-0.2, 0) is 0 Å². The summed E-state index contributed by atoms with van der Waals surface area (Å²) in [5.74, 6) is -0.474. The van der Waals surface area contributed by atoms with Gasteiger partial charge in [-0.15, -0.1) is 0 Å². The van der Waals surface area contributed by atoms with E-state index in [0.717, 1.165) is 56.1 Å². The minimum absolute atomic E-state index is 0.0435. The summed E-state index contributed by atoms with van der Waals surface area (Å²) < 4.78 is 19.6. The largest absolute Gasteiger partial charge is 0.495 e. The van der Waals surface area contributed by atoms with Gasteiger partial charge in [-0.3, -0.25) is 9.59 Å². The summed E-state index contributed by atoms with van der Waals surface area (Å²) in [5.41, 5.74) is 2.77. The summed E-state index contributed by atoms with van der Waals surface area (Å²) in [7, 11) is 1.67. The van der Waals surface area contributed by atoms with Crippen molar-refractivity contribution in [3.63, 3.8) is 0 Å². The van der Waals surface area contributed by atoms with E-state index in [0.29, 0.717) is 11.3 Å². The minimum atomic E-state index is -0.591. The van der Waals surface area contributed by atoms with Crippen molar-refractivity contribution >= 4 is 28.9 Å². The first-order valence-corrected chi connectivity index (χ1v) is 12.2. The fourth-order valence-corrected chi connectivity index (χ4v) is 4.49. The van der Waals surface area contributed by atoms with Crippen LogP contribution in [0, 0.1) is 5.82 Å². The molecule has 0 spiro atoms. The quantitative estimate of drug-likeness (QED) is 0.519. The van der Waals surface area contributed by atoms with Gasteiger partial charge in [0.1, 0.15) is 11.6 Å². The summed E-state index contributed by atoms with van der Waals surface area (Å²) in [6.45, 7) is 3.00. The zero-order chi connectivity index (χ0) is 25.1. The van der Waals surface area contributed by atoms with Gasteiger partial charge in [0.05, 0.1) is 23.9 Å². The van der Waals surface area contributed by atoms with Gasteiger partial charge in [0.2, 0.25) is 0 Å². The van der Waals surface area contributed by atoms with E-state index < -0.39 is 11.7 Å². The Balaban J connectivity index is 1.36. The first-order valence-electron chi connectivity index (χ1n) is 12.2. The number of amides is 2. The second-order valence-electron chi connectivity index (χ2n) is 9.06. The van der Waals surface area contributed by atoms with Crippen LogP contribution in [0.3, 0.4) is 0 Å². The Kier molecular flexibility index (Phi) is 6.75. The summed E-state index contributed by atoms with van der Waals surface area (Å²) >= 11 is 0. The van der Waals surface area contributed by atoms with E-state index >= 15 is 0 Å². The molecule has 8 heteroatoms. The van der Waals surface area contributed by atoms with Crippen molar-refractivity contribution in [2.24, 2.45) is 0 Å². The minimum Gasteiger partial charge on any atom is -0.495 e. The first kappa shape index (κ1) is 23.7. The van der Waals surface area contributed by atoms with Gasteiger partial charge in [-0.1, -0.05) is 24.3 Å². The number of carbonyl (C=O) groups is 2. The molecule has 2 N–H and O–H groups in total. The van der Waals surface area contributed by atoms with Crippen LogP contribution in [0.15, 0.2) is 66.7 Å². The van der Waals surface area contributed by atoms with Crippen LogP contribution in [-0.4, -0.2) is 51.1 Å². The van der Waals surface area contributed by atoms with E-state index in [4.69, 9.17) is 4.74 Å². The van der Waals surface area contributed by atoms with Gasteiger partial charge >= 0.3 is 0 Å². The van der Waals surface area contributed by atoms with E-state index in [-0.39, 0.29) is 17.5 Å². The Labute approximate surface area is 209 Å². The lowest BCUT2D eigenvalue weighted by Gasteiger charge is -2.38. The number of anilines is 3. The SMILES string of the molecule is COc1ccccc1N1CCN(c2ccc(NC(=O)c3ccccc3F)cc2C(=O)NC2CC2)CC1. The molecule has 36 heavy (non-hydrogen) atoms. The number of halogens is 1. The van der Waals surface area contributed by atoms with Crippen molar-refractivity contribution < 1.29 is 18.7 Å². The molecule has 186 valence electrons. The van der Waals surface area contributed by atoms with Gasteiger partial charge in [0, 0.05) is 43.6 Å². The molecule has 2 amide bonds. The molecule has 1 aliphatic carbocycles. The average Bonchev–Trinajstić information content (AvgIpc) is 3.73. The smallest absolute Gasteiger partial charge is 0.258 e. The van der Waals surface area contributed by atoms with Crippen LogP contribution in [0.2, 0.25) is 0 Å². The van der Waals surface area contributed by atoms with Crippen LogP contribution in [0.1, 0.15) is 33.6 Å². The van der Waals surface area contributed by atoms with E-state index in [1.165, 1.54) is 18.2 Å². The van der Waals surface area contributed by atoms with Crippen LogP contribution >= 0.6 is 0 Å². The van der Waals surface area contributed by atoms with Crippen LogP contribution in [0.5, 0.6) is 5.75 Å². The van der Waals surface area contributed by atoms with Crippen molar-refractivity contribution in [1.29, 1.82) is 0 Å². The van der Waals surface area contributed by atoms with E-state index in [2.05, 4.69) is 26.5 Å². The highest BCUT2D eigenvalue weighted by molar-refractivity contribution is 6.06. The third-order valence-corrected chi connectivity index (χ3v) is 6.58. The molecular formula is C28H29FN4O3. The van der Waals surface area contributed by atoms with Crippen molar-refractivity contribution in [3.8, 4) is 5.75 Å². The molecule has 0 atom stereocenters. The molecule has 5 rings (SSSR count). The fourth-order valence-electron chi connectivity index (χ4n) is 4.49. The Hall–Kier alpha value is -4.07. The third kappa shape index (κ3) is 5.12. The normalized spacial score (nSPS) is 15.4. The predicted octanol–water partition coefficient (Wildman–Crippen LogP) is 4.31. The number of nitrogens with zero attached hydrogens (tertiary/aromatic N) is 2. The standard InChI is InChI=1S/C28H29FN4O3/c1-36-26-9-5-4-8-25(26)33-16-14-32(15-17-33)24-13-12-20(18-22(24)28(35)30-19-10-11-19)31-27(34)21-6-2-3-7-23(21)29/h2-9,12-13,18-19H,10-11,14-17H2,1H3,(H,30,35)(H,31,34). The number of methoxy groups -OCH3 is 1. The van der Waals surface area contributed by atoms with Crippen molar-refractivity contribution in [2.75, 3.05) is 48.4 Å². The highest BCUT2D eigenvalue weighted by Gasteiger charge is 2.28. The Bertz CT molecular complexity index is 1270. The van der Waals surface area contributed by atoms with Gasteiger partial charge in [0.25, 0.3) is 11.8 Å². The summed E-state index contributed by atoms with van der Waals surface area (Å²) in [6, 6.07) is 19.3. The van der Waals surface area contributed by atoms with Gasteiger partial charge in [0.15, 0.2) is 0 Å². The Morgan fingerprint density at radius 3 is 2.19 bits per heavy atom. The van der Waals surface area contributed by atoms with Gasteiger partial charge < -0.3 is 25.2 Å². The van der Waals surface area contributed by atoms with Crippen molar-refractivity contribution in [1.82, 2.24) is 5.32 Å². The van der Waals surface area contributed by atoms with Crippen LogP contribution in [0.4, 0.5) is 21.5 Å². The molecule has 3 aromatic carbocycles. The van der Waals surface area contributed by atoms with E-state index in [9.17, 15) is 14.0 Å². The maximum Gasteiger partial charge on any atom is 0.258 e. The molecule has 7 nitrogen and oxygen atoms in total. The van der Waals surface area contributed by atoms with Crippen LogP contribution < -0.4 is 25.2 Å². The molecule has 3 aromatic rings. The molecule has 0 aromatic heterocycles. The lowest BCUT2D eigenvalue weighted by molar-refractivity contribution is 0.0950. The van der Waals surface area contributed by atoms with E-state index in [1.807, 2.05) is 24.3 Å². The number of ether oxygens (including phenoxy) is 1. The molecule has 0 unspecified atom stereocenters. The third-order valence-electron chi connectivity index (χ3n) is 6.58. The molecule has 1 heterocycles. The second kappa shape index (κ2) is 10.3. The van der Waals surface area contributed by atoms with Gasteiger partial charge in [-0.25, -0.2) is 4.39 Å². The van der Waals surface area contributed by atoms with E-state index in [1.54, 1.807) is 25.3 Å². The zero-order valence-corrected chi connectivity index (χ0v) is 20.2. The Morgan fingerprint density at radius 1 is 0.833 bits per heavy atom. The number of benzene rings is 3. The predicted molar refractivity (Wildman–Crippen MR) is 139 cm³/mol. The highest BCUT2D eigenvalue weighted by Crippen LogP contribution is 2.31. The highest BCUT2D eigenvalue weighted by atomic mass is 19.1. The van der Waals surface area contributed by atoms with Crippen molar-refractivity contribution in [3.05, 3.63) is 83.7 Å². The number of carbonyl (C=O) groups excluding carboxylic acids is 2. The first-order chi connectivity index (χ1) is 17.5. The van der Waals surface area contributed by atoms with Crippen LogP contribution in [0.25, 0.3) is 0 Å². The molecule has 1 saturated carbocycles. The topological polar surface area (TPSA) is 73.9 Å². The lowest BCUT2D eigenvalue weighted by atomic mass is 10.1. The number of piperazine rings is 1. The summed E-state index contributed by atoms with van der Waals surface area (Å²) in [5, 5.41) is 5.79. The molecule has 0 radical (unpaired) electrons. The maximum atomic E-state index is 14.1. The molecule has 1 aliphatic heterocycles. The second-order valence-corrected chi connectivity index (χ2v) is 9.06. The summed E-state index contributed by atoms with van der Waals surface area (Å²) in [6.07, 6.45) is 1.95. The molecule has 0 bridgehead atoms. The fraction of sp³-hybridized carbons (Fsp3) is 0.286. The number of para-hydroxylation sites is 2. The van der Waals surface area contributed by atoms with Gasteiger partial charge in [-0.2, -0.15) is 0 Å². The summed E-state index contributed by atoms with van der Waals surface area (Å²) in [4.78, 5) is 30.3. The average molecular weight is 489 g/mol. The molecule has 2 aliphatic rings. The number of nitrogens with one attached hydrogen (secondary N) is 2. The molecule has 1 saturated heterocycles. The lowest BCUT2D eigenvalue weighted by Crippen LogP contribution is -2.47. The molecular weight excluding hydrogens is 459 g/mol. The number of rotatable bonds is 7. The Morgan fingerprint density at radius 2 is 1.50 bits per heavy atom. The number of hydrogen-bond acceptors (Lipinski definition) is 5. The van der Waals surface area contributed by atoms with Crippen molar-refractivity contribution in [2.45, 2.75) is 18.9 Å². The molecule has 2 fully saturated rings. The zero-order valence-electron chi connectivity index (χ0n) is 20.2. The maximum absolute atomic E-state index is 14.1. The number of hydrogen-bond donors (Lipinski definition) is 2.